The van der Waals surface area contributed by atoms with Gasteiger partial charge in [0, 0.05) is 0 Å². The third-order valence-corrected chi connectivity index (χ3v) is 1.97. The Labute approximate surface area is 83.5 Å². The molecule has 0 fully saturated rings. The van der Waals surface area contributed by atoms with Gasteiger partial charge < -0.3 is 16.0 Å². The SMILES string of the molecule is Nc1cc(-c2cnoc2N)cc(F)c1F. The zero-order valence-electron chi connectivity index (χ0n) is 7.50. The van der Waals surface area contributed by atoms with E-state index in [4.69, 9.17) is 11.5 Å². The Hall–Kier alpha value is -2.11. The van der Waals surface area contributed by atoms with Gasteiger partial charge in [0.1, 0.15) is 0 Å². The van der Waals surface area contributed by atoms with Gasteiger partial charge in [-0.25, -0.2) is 8.78 Å². The number of aromatic nitrogens is 1. The van der Waals surface area contributed by atoms with E-state index >= 15 is 0 Å². The van der Waals surface area contributed by atoms with E-state index < -0.39 is 11.6 Å². The number of rotatable bonds is 1. The van der Waals surface area contributed by atoms with Crippen LogP contribution in [0.2, 0.25) is 0 Å². The van der Waals surface area contributed by atoms with Gasteiger partial charge in [-0.15, -0.1) is 0 Å². The number of hydrogen-bond donors (Lipinski definition) is 2. The van der Waals surface area contributed by atoms with E-state index in [0.29, 0.717) is 11.1 Å². The average molecular weight is 211 g/mol. The van der Waals surface area contributed by atoms with Crippen LogP contribution in [-0.2, 0) is 0 Å². The van der Waals surface area contributed by atoms with Crippen LogP contribution in [0.1, 0.15) is 0 Å². The second-order valence-electron chi connectivity index (χ2n) is 2.97. The summed E-state index contributed by atoms with van der Waals surface area (Å²) in [5, 5.41) is 3.42. The van der Waals surface area contributed by atoms with Crippen molar-refractivity contribution in [3.8, 4) is 11.1 Å². The first-order valence-electron chi connectivity index (χ1n) is 4.04. The molecular formula is C9H7F2N3O. The van der Waals surface area contributed by atoms with Gasteiger partial charge in [0.05, 0.1) is 17.4 Å². The zero-order chi connectivity index (χ0) is 11.0. The molecule has 0 aliphatic rings. The smallest absolute Gasteiger partial charge is 0.229 e. The molecule has 0 aliphatic heterocycles. The predicted molar refractivity (Wildman–Crippen MR) is 50.7 cm³/mol. The Morgan fingerprint density at radius 3 is 2.47 bits per heavy atom. The van der Waals surface area contributed by atoms with Crippen molar-refractivity contribution in [3.05, 3.63) is 30.0 Å². The summed E-state index contributed by atoms with van der Waals surface area (Å²) < 4.78 is 30.5. The van der Waals surface area contributed by atoms with Crippen LogP contribution in [0.3, 0.4) is 0 Å². The molecule has 0 bridgehead atoms. The van der Waals surface area contributed by atoms with Gasteiger partial charge in [0.15, 0.2) is 11.6 Å². The minimum absolute atomic E-state index is 0.0282. The fourth-order valence-electron chi connectivity index (χ4n) is 1.23. The number of anilines is 2. The summed E-state index contributed by atoms with van der Waals surface area (Å²) in [5.41, 5.74) is 11.1. The third-order valence-electron chi connectivity index (χ3n) is 1.97. The Morgan fingerprint density at radius 2 is 1.93 bits per heavy atom. The average Bonchev–Trinajstić information content (AvgIpc) is 2.60. The normalized spacial score (nSPS) is 10.5. The second-order valence-corrected chi connectivity index (χ2v) is 2.97. The Balaban J connectivity index is 2.60. The van der Waals surface area contributed by atoms with Crippen molar-refractivity contribution in [2.75, 3.05) is 11.5 Å². The molecule has 0 amide bonds. The van der Waals surface area contributed by atoms with Crippen LogP contribution >= 0.6 is 0 Å². The Morgan fingerprint density at radius 1 is 1.20 bits per heavy atom. The molecule has 1 heterocycles. The second kappa shape index (κ2) is 3.23. The Bertz CT molecular complexity index is 487. The largest absolute Gasteiger partial charge is 0.396 e. The maximum Gasteiger partial charge on any atom is 0.229 e. The number of nitrogens with zero attached hydrogens (tertiary/aromatic N) is 1. The first kappa shape index (κ1) is 9.45. The number of benzene rings is 1. The molecule has 0 saturated heterocycles. The third kappa shape index (κ3) is 1.50. The molecule has 2 aromatic rings. The molecule has 4 N–H and O–H groups in total. The van der Waals surface area contributed by atoms with Gasteiger partial charge in [-0.1, -0.05) is 5.16 Å². The maximum atomic E-state index is 13.0. The van der Waals surface area contributed by atoms with Gasteiger partial charge in [-0.05, 0) is 17.7 Å². The van der Waals surface area contributed by atoms with Gasteiger partial charge >= 0.3 is 0 Å². The van der Waals surface area contributed by atoms with Gasteiger partial charge in [-0.2, -0.15) is 0 Å². The van der Waals surface area contributed by atoms with E-state index in [9.17, 15) is 8.78 Å². The lowest BCUT2D eigenvalue weighted by atomic mass is 10.1. The van der Waals surface area contributed by atoms with Crippen LogP contribution in [0.15, 0.2) is 22.9 Å². The van der Waals surface area contributed by atoms with E-state index in [0.717, 1.165) is 6.07 Å². The summed E-state index contributed by atoms with van der Waals surface area (Å²) in [4.78, 5) is 0. The number of halogens is 2. The lowest BCUT2D eigenvalue weighted by Gasteiger charge is -2.02. The molecule has 15 heavy (non-hydrogen) atoms. The molecule has 0 saturated carbocycles. The van der Waals surface area contributed by atoms with Crippen LogP contribution in [0, 0.1) is 11.6 Å². The van der Waals surface area contributed by atoms with E-state index in [2.05, 4.69) is 9.68 Å². The molecule has 1 aromatic heterocycles. The molecule has 0 radical (unpaired) electrons. The van der Waals surface area contributed by atoms with E-state index in [1.807, 2.05) is 0 Å². The molecule has 0 spiro atoms. The first-order valence-corrected chi connectivity index (χ1v) is 4.04. The van der Waals surface area contributed by atoms with Crippen molar-refractivity contribution in [3.63, 3.8) is 0 Å². The highest BCUT2D eigenvalue weighted by Crippen LogP contribution is 2.29. The molecule has 6 heteroatoms. The van der Waals surface area contributed by atoms with Crippen molar-refractivity contribution in [2.24, 2.45) is 0 Å². The van der Waals surface area contributed by atoms with Crippen molar-refractivity contribution in [1.82, 2.24) is 5.16 Å². The van der Waals surface area contributed by atoms with Crippen LogP contribution in [0.5, 0.6) is 0 Å². The van der Waals surface area contributed by atoms with Gasteiger partial charge in [-0.3, -0.25) is 0 Å². The molecule has 0 aliphatic carbocycles. The fraction of sp³-hybridized carbons (Fsp3) is 0. The lowest BCUT2D eigenvalue weighted by molar-refractivity contribution is 0.436. The molecular weight excluding hydrogens is 204 g/mol. The van der Waals surface area contributed by atoms with Crippen LogP contribution < -0.4 is 11.5 Å². The van der Waals surface area contributed by atoms with E-state index in [-0.39, 0.29) is 11.6 Å². The standard InChI is InChI=1S/C9H7F2N3O/c10-6-1-4(2-7(12)8(6)11)5-3-14-15-9(5)13/h1-3H,12-13H2. The maximum absolute atomic E-state index is 13.0. The summed E-state index contributed by atoms with van der Waals surface area (Å²) in [6.07, 6.45) is 1.31. The van der Waals surface area contributed by atoms with Gasteiger partial charge in [0.2, 0.25) is 5.88 Å². The molecule has 2 rings (SSSR count). The minimum atomic E-state index is -1.08. The highest BCUT2D eigenvalue weighted by molar-refractivity contribution is 5.74. The molecule has 0 unspecified atom stereocenters. The van der Waals surface area contributed by atoms with E-state index in [1.54, 1.807) is 0 Å². The highest BCUT2D eigenvalue weighted by atomic mass is 19.2. The van der Waals surface area contributed by atoms with Crippen LogP contribution in [0.25, 0.3) is 11.1 Å². The van der Waals surface area contributed by atoms with Crippen molar-refractivity contribution >= 4 is 11.6 Å². The molecule has 78 valence electrons. The van der Waals surface area contributed by atoms with Gasteiger partial charge in [0.25, 0.3) is 0 Å². The fourth-order valence-corrected chi connectivity index (χ4v) is 1.23. The Kier molecular flexibility index (Phi) is 2.03. The molecule has 0 atom stereocenters. The minimum Gasteiger partial charge on any atom is -0.396 e. The monoisotopic (exact) mass is 211 g/mol. The summed E-state index contributed by atoms with van der Waals surface area (Å²) in [6, 6.07) is 2.25. The van der Waals surface area contributed by atoms with E-state index in [1.165, 1.54) is 12.3 Å². The summed E-state index contributed by atoms with van der Waals surface area (Å²) in [5.74, 6) is -2.08. The lowest BCUT2D eigenvalue weighted by Crippen LogP contribution is -1.96. The summed E-state index contributed by atoms with van der Waals surface area (Å²) in [7, 11) is 0. The van der Waals surface area contributed by atoms with Crippen LogP contribution in [0.4, 0.5) is 20.4 Å². The summed E-state index contributed by atoms with van der Waals surface area (Å²) in [6.45, 7) is 0. The topological polar surface area (TPSA) is 78.1 Å². The molecule has 4 nitrogen and oxygen atoms in total. The number of nitrogens with two attached hydrogens (primary N) is 2. The molecule has 1 aromatic carbocycles. The van der Waals surface area contributed by atoms with Crippen molar-refractivity contribution in [2.45, 2.75) is 0 Å². The number of nitrogen functional groups attached to an aromatic ring is 2. The van der Waals surface area contributed by atoms with Crippen LogP contribution in [-0.4, -0.2) is 5.16 Å². The van der Waals surface area contributed by atoms with Crippen molar-refractivity contribution < 1.29 is 13.3 Å². The first-order chi connectivity index (χ1) is 7.09. The van der Waals surface area contributed by atoms with Crippen molar-refractivity contribution in [1.29, 1.82) is 0 Å². The quantitative estimate of drug-likeness (QED) is 0.705. The zero-order valence-corrected chi connectivity index (χ0v) is 7.50. The highest BCUT2D eigenvalue weighted by Gasteiger charge is 2.13. The predicted octanol–water partition coefficient (Wildman–Crippen LogP) is 1.78. The number of hydrogen-bond acceptors (Lipinski definition) is 4. The summed E-state index contributed by atoms with van der Waals surface area (Å²) >= 11 is 0.